The topological polar surface area (TPSA) is 95.5 Å². The molecule has 25 heavy (non-hydrogen) atoms. The minimum Gasteiger partial charge on any atom is -0.480 e. The van der Waals surface area contributed by atoms with E-state index in [2.05, 4.69) is 16.7 Å². The molecule has 0 aromatic heterocycles. The molecule has 0 aromatic carbocycles. The standard InChI is InChI=1S/C16H26N2O4S3/c1-11-5-3-4-7-24-25-10-13(16(21)22)18-15(20)12(6-8-23-2)17-14(19)9-11/h3,5,11-13H,4,6-10H2,1-2H3,(H,17,19)(H,18,20)(H,21,22)/b5-3+/t11?,12-,13-/m1/s1. The number of hydrogen-bond donors (Lipinski definition) is 3. The van der Waals surface area contributed by atoms with Crippen LogP contribution < -0.4 is 10.6 Å². The Morgan fingerprint density at radius 1 is 1.36 bits per heavy atom. The lowest BCUT2D eigenvalue weighted by Gasteiger charge is -2.21. The summed E-state index contributed by atoms with van der Waals surface area (Å²) in [6.07, 6.45) is 7.63. The summed E-state index contributed by atoms with van der Waals surface area (Å²) in [5, 5.41) is 14.6. The number of rotatable bonds is 4. The molecule has 3 N–H and O–H groups in total. The van der Waals surface area contributed by atoms with Crippen molar-refractivity contribution in [2.75, 3.05) is 23.5 Å². The first-order valence-electron chi connectivity index (χ1n) is 8.16. The van der Waals surface area contributed by atoms with Crippen LogP contribution in [0.5, 0.6) is 0 Å². The molecule has 0 spiro atoms. The first kappa shape index (κ1) is 22.2. The highest BCUT2D eigenvalue weighted by Gasteiger charge is 2.26. The van der Waals surface area contributed by atoms with E-state index in [4.69, 9.17) is 0 Å². The lowest BCUT2D eigenvalue weighted by molar-refractivity contribution is -0.141. The number of carbonyl (C=O) groups excluding carboxylic acids is 2. The Morgan fingerprint density at radius 3 is 2.80 bits per heavy atom. The van der Waals surface area contributed by atoms with Gasteiger partial charge in [0.05, 0.1) is 0 Å². The summed E-state index contributed by atoms with van der Waals surface area (Å²) in [6, 6.07) is -1.67. The van der Waals surface area contributed by atoms with Crippen molar-refractivity contribution < 1.29 is 19.5 Å². The molecule has 0 saturated heterocycles. The fraction of sp³-hybridized carbons (Fsp3) is 0.688. The Kier molecular flexibility index (Phi) is 11.2. The van der Waals surface area contributed by atoms with Crippen molar-refractivity contribution in [2.24, 2.45) is 5.92 Å². The number of allylic oxidation sites excluding steroid dienone is 2. The molecule has 0 aliphatic carbocycles. The van der Waals surface area contributed by atoms with E-state index >= 15 is 0 Å². The minimum atomic E-state index is -1.06. The van der Waals surface area contributed by atoms with Crippen molar-refractivity contribution >= 4 is 51.1 Å². The molecule has 0 fully saturated rings. The second-order valence-electron chi connectivity index (χ2n) is 5.81. The van der Waals surface area contributed by atoms with E-state index in [9.17, 15) is 19.5 Å². The molecule has 1 heterocycles. The van der Waals surface area contributed by atoms with Crippen LogP contribution in [0.1, 0.15) is 26.2 Å². The predicted octanol–water partition coefficient (Wildman–Crippen LogP) is 2.16. The van der Waals surface area contributed by atoms with Gasteiger partial charge in [-0.25, -0.2) is 4.79 Å². The second-order valence-corrected chi connectivity index (χ2v) is 9.42. The van der Waals surface area contributed by atoms with Crippen molar-refractivity contribution in [1.29, 1.82) is 0 Å². The molecule has 1 rings (SSSR count). The maximum Gasteiger partial charge on any atom is 0.327 e. The third-order valence-electron chi connectivity index (χ3n) is 3.53. The van der Waals surface area contributed by atoms with Crippen LogP contribution in [0.15, 0.2) is 12.2 Å². The molecular formula is C16H26N2O4S3. The van der Waals surface area contributed by atoms with Crippen LogP contribution in [-0.2, 0) is 14.4 Å². The molecule has 0 bridgehead atoms. The summed E-state index contributed by atoms with van der Waals surface area (Å²) in [4.78, 5) is 36.1. The van der Waals surface area contributed by atoms with Gasteiger partial charge in [0.2, 0.25) is 11.8 Å². The van der Waals surface area contributed by atoms with Gasteiger partial charge in [0.25, 0.3) is 0 Å². The van der Waals surface area contributed by atoms with Gasteiger partial charge >= 0.3 is 5.97 Å². The quantitative estimate of drug-likeness (QED) is 0.486. The Bertz CT molecular complexity index is 488. The van der Waals surface area contributed by atoms with Crippen LogP contribution in [0, 0.1) is 5.92 Å². The van der Waals surface area contributed by atoms with Gasteiger partial charge in [0.15, 0.2) is 0 Å². The third-order valence-corrected chi connectivity index (χ3v) is 6.63. The van der Waals surface area contributed by atoms with Gasteiger partial charge in [-0.2, -0.15) is 11.8 Å². The summed E-state index contributed by atoms with van der Waals surface area (Å²) in [7, 11) is 3.03. The Balaban J connectivity index is 2.85. The molecule has 1 aliphatic rings. The minimum absolute atomic E-state index is 0.0961. The highest BCUT2D eigenvalue weighted by Crippen LogP contribution is 2.23. The van der Waals surface area contributed by atoms with Crippen molar-refractivity contribution in [2.45, 2.75) is 38.3 Å². The van der Waals surface area contributed by atoms with Crippen molar-refractivity contribution in [3.05, 3.63) is 12.2 Å². The lowest BCUT2D eigenvalue weighted by Crippen LogP contribution is -2.52. The van der Waals surface area contributed by atoms with Gasteiger partial charge in [-0.05, 0) is 30.8 Å². The van der Waals surface area contributed by atoms with Crippen molar-refractivity contribution in [1.82, 2.24) is 10.6 Å². The Hall–Kier alpha value is -0.800. The molecule has 0 saturated carbocycles. The SMILES string of the molecule is CSCC[C@H]1NC(=O)CC(C)/C=C/CCSSC[C@H](C(=O)O)NC1=O. The summed E-state index contributed by atoms with van der Waals surface area (Å²) in [6.45, 7) is 1.97. The van der Waals surface area contributed by atoms with E-state index in [1.54, 1.807) is 22.6 Å². The third kappa shape index (κ3) is 9.46. The Labute approximate surface area is 161 Å². The van der Waals surface area contributed by atoms with Crippen LogP contribution in [0.3, 0.4) is 0 Å². The number of carboxylic acid groups (broad SMARTS) is 1. The van der Waals surface area contributed by atoms with Crippen LogP contribution in [0.25, 0.3) is 0 Å². The van der Waals surface area contributed by atoms with Crippen molar-refractivity contribution in [3.8, 4) is 0 Å². The van der Waals surface area contributed by atoms with Crippen LogP contribution >= 0.6 is 33.3 Å². The number of amides is 2. The highest BCUT2D eigenvalue weighted by molar-refractivity contribution is 8.76. The molecule has 3 atom stereocenters. The van der Waals surface area contributed by atoms with Crippen LogP contribution in [0.4, 0.5) is 0 Å². The molecule has 1 aliphatic heterocycles. The summed E-state index contributed by atoms with van der Waals surface area (Å²) < 4.78 is 0. The molecule has 2 amide bonds. The second kappa shape index (κ2) is 12.5. The maximum absolute atomic E-state index is 12.5. The number of aliphatic carboxylic acids is 1. The number of carboxylic acids is 1. The van der Waals surface area contributed by atoms with Crippen LogP contribution in [-0.4, -0.2) is 58.5 Å². The van der Waals surface area contributed by atoms with E-state index in [1.165, 1.54) is 10.8 Å². The molecule has 1 unspecified atom stereocenters. The average Bonchev–Trinajstić information content (AvgIpc) is 2.55. The molecule has 0 aromatic rings. The zero-order chi connectivity index (χ0) is 18.7. The number of carbonyl (C=O) groups is 3. The zero-order valence-corrected chi connectivity index (χ0v) is 17.0. The fourth-order valence-electron chi connectivity index (χ4n) is 2.19. The van der Waals surface area contributed by atoms with Crippen LogP contribution in [0.2, 0.25) is 0 Å². The van der Waals surface area contributed by atoms with Gasteiger partial charge in [-0.1, -0.05) is 40.7 Å². The summed E-state index contributed by atoms with van der Waals surface area (Å²) >= 11 is 1.58. The van der Waals surface area contributed by atoms with Crippen molar-refractivity contribution in [3.63, 3.8) is 0 Å². The largest absolute Gasteiger partial charge is 0.480 e. The monoisotopic (exact) mass is 406 g/mol. The summed E-state index contributed by atoms with van der Waals surface area (Å²) in [5.41, 5.74) is 0. The highest BCUT2D eigenvalue weighted by atomic mass is 33.1. The smallest absolute Gasteiger partial charge is 0.327 e. The van der Waals surface area contributed by atoms with E-state index in [1.807, 2.05) is 19.3 Å². The molecule has 0 radical (unpaired) electrons. The van der Waals surface area contributed by atoms with E-state index in [-0.39, 0.29) is 17.6 Å². The first-order chi connectivity index (χ1) is 11.9. The van der Waals surface area contributed by atoms with Gasteiger partial charge in [0, 0.05) is 17.9 Å². The lowest BCUT2D eigenvalue weighted by atomic mass is 10.1. The van der Waals surface area contributed by atoms with Gasteiger partial charge < -0.3 is 15.7 Å². The number of thioether (sulfide) groups is 1. The summed E-state index contributed by atoms with van der Waals surface area (Å²) in [5.74, 6) is 0.262. The number of nitrogens with one attached hydrogen (secondary N) is 2. The average molecular weight is 407 g/mol. The predicted molar refractivity (Wildman–Crippen MR) is 107 cm³/mol. The zero-order valence-electron chi connectivity index (χ0n) is 14.5. The normalized spacial score (nSPS) is 28.2. The van der Waals surface area contributed by atoms with Gasteiger partial charge in [0.1, 0.15) is 12.1 Å². The number of hydrogen-bond acceptors (Lipinski definition) is 6. The molecule has 9 heteroatoms. The molecular weight excluding hydrogens is 380 g/mol. The molecule has 142 valence electrons. The first-order valence-corrected chi connectivity index (χ1v) is 12.0. The van der Waals surface area contributed by atoms with E-state index in [0.717, 1.165) is 12.2 Å². The van der Waals surface area contributed by atoms with E-state index in [0.29, 0.717) is 18.6 Å². The maximum atomic E-state index is 12.5. The Morgan fingerprint density at radius 2 is 2.12 bits per heavy atom. The van der Waals surface area contributed by atoms with Gasteiger partial charge in [-0.3, -0.25) is 9.59 Å². The molecule has 6 nitrogen and oxygen atoms in total. The van der Waals surface area contributed by atoms with E-state index < -0.39 is 24.0 Å². The fourth-order valence-corrected chi connectivity index (χ4v) is 4.80. The van der Waals surface area contributed by atoms with Gasteiger partial charge in [-0.15, -0.1) is 0 Å².